The molecule has 0 fully saturated rings. The van der Waals surface area contributed by atoms with Crippen molar-refractivity contribution in [2.24, 2.45) is 0 Å². The predicted molar refractivity (Wildman–Crippen MR) is 92.0 cm³/mol. The van der Waals surface area contributed by atoms with Crippen LogP contribution in [0.25, 0.3) is 0 Å². The minimum Gasteiger partial charge on any atom is -0.482 e. The van der Waals surface area contributed by atoms with Crippen LogP contribution in [-0.4, -0.2) is 25.0 Å². The van der Waals surface area contributed by atoms with Crippen LogP contribution in [0.4, 0.5) is 10.1 Å². The SMILES string of the molecule is O=C(CCc1ccc2c(c1)NC(=O)CO2)NCCc1ccc(F)cc1. The molecule has 1 heterocycles. The van der Waals surface area contributed by atoms with Crippen molar-refractivity contribution in [1.82, 2.24) is 5.32 Å². The van der Waals surface area contributed by atoms with E-state index in [9.17, 15) is 14.0 Å². The molecule has 0 radical (unpaired) electrons. The first-order chi connectivity index (χ1) is 12.1. The third kappa shape index (κ3) is 4.79. The fourth-order valence-electron chi connectivity index (χ4n) is 2.63. The number of ether oxygens (including phenoxy) is 1. The number of carbonyl (C=O) groups is 2. The number of hydrogen-bond acceptors (Lipinski definition) is 3. The van der Waals surface area contributed by atoms with Crippen molar-refractivity contribution in [3.8, 4) is 5.75 Å². The lowest BCUT2D eigenvalue weighted by Gasteiger charge is -2.18. The minimum absolute atomic E-state index is 0.0306. The van der Waals surface area contributed by atoms with Crippen LogP contribution in [0.15, 0.2) is 42.5 Å². The van der Waals surface area contributed by atoms with Crippen LogP contribution in [0.3, 0.4) is 0 Å². The molecule has 130 valence electrons. The highest BCUT2D eigenvalue weighted by Gasteiger charge is 2.16. The van der Waals surface area contributed by atoms with Gasteiger partial charge in [-0.3, -0.25) is 9.59 Å². The Hall–Kier alpha value is -2.89. The summed E-state index contributed by atoms with van der Waals surface area (Å²) in [7, 11) is 0. The van der Waals surface area contributed by atoms with Crippen molar-refractivity contribution < 1.29 is 18.7 Å². The summed E-state index contributed by atoms with van der Waals surface area (Å²) in [6.45, 7) is 0.543. The maximum atomic E-state index is 12.8. The number of anilines is 1. The van der Waals surface area contributed by atoms with Gasteiger partial charge in [-0.15, -0.1) is 0 Å². The number of nitrogens with one attached hydrogen (secondary N) is 2. The second-order valence-electron chi connectivity index (χ2n) is 5.89. The summed E-state index contributed by atoms with van der Waals surface area (Å²) in [5.41, 5.74) is 2.58. The number of carbonyl (C=O) groups excluding carboxylic acids is 2. The Morgan fingerprint density at radius 2 is 1.88 bits per heavy atom. The van der Waals surface area contributed by atoms with Crippen LogP contribution in [-0.2, 0) is 22.4 Å². The number of hydrogen-bond donors (Lipinski definition) is 2. The molecule has 0 atom stereocenters. The van der Waals surface area contributed by atoms with Gasteiger partial charge in [-0.25, -0.2) is 4.39 Å². The molecular weight excluding hydrogens is 323 g/mol. The Bertz CT molecular complexity index is 775. The van der Waals surface area contributed by atoms with Crippen molar-refractivity contribution in [1.29, 1.82) is 0 Å². The zero-order valence-electron chi connectivity index (χ0n) is 13.7. The molecule has 0 saturated carbocycles. The number of benzene rings is 2. The molecule has 2 aromatic carbocycles. The van der Waals surface area contributed by atoms with Gasteiger partial charge in [0, 0.05) is 13.0 Å². The van der Waals surface area contributed by atoms with Gasteiger partial charge in [0.15, 0.2) is 6.61 Å². The van der Waals surface area contributed by atoms with Crippen molar-refractivity contribution >= 4 is 17.5 Å². The number of rotatable bonds is 6. The van der Waals surface area contributed by atoms with Crippen LogP contribution >= 0.6 is 0 Å². The zero-order chi connectivity index (χ0) is 17.6. The van der Waals surface area contributed by atoms with Crippen LogP contribution in [0.1, 0.15) is 17.5 Å². The first-order valence-corrected chi connectivity index (χ1v) is 8.17. The summed E-state index contributed by atoms with van der Waals surface area (Å²) in [4.78, 5) is 23.3. The maximum absolute atomic E-state index is 12.8. The van der Waals surface area contributed by atoms with Gasteiger partial charge in [-0.1, -0.05) is 18.2 Å². The molecule has 0 saturated heterocycles. The summed E-state index contributed by atoms with van der Waals surface area (Å²) >= 11 is 0. The summed E-state index contributed by atoms with van der Waals surface area (Å²) in [5, 5.41) is 5.61. The fraction of sp³-hybridized carbons (Fsp3) is 0.263. The van der Waals surface area contributed by atoms with Crippen LogP contribution in [0.2, 0.25) is 0 Å². The Kier molecular flexibility index (Phi) is 5.28. The van der Waals surface area contributed by atoms with E-state index in [1.165, 1.54) is 12.1 Å². The normalized spacial score (nSPS) is 12.8. The van der Waals surface area contributed by atoms with Crippen LogP contribution in [0.5, 0.6) is 5.75 Å². The van der Waals surface area contributed by atoms with Gasteiger partial charge >= 0.3 is 0 Å². The molecule has 0 aliphatic carbocycles. The molecule has 0 aromatic heterocycles. The van der Waals surface area contributed by atoms with E-state index in [-0.39, 0.29) is 24.2 Å². The topological polar surface area (TPSA) is 67.4 Å². The van der Waals surface area contributed by atoms with E-state index in [0.29, 0.717) is 37.2 Å². The molecule has 2 N–H and O–H groups in total. The summed E-state index contributed by atoms with van der Waals surface area (Å²) < 4.78 is 18.1. The molecule has 25 heavy (non-hydrogen) atoms. The Morgan fingerprint density at radius 3 is 2.68 bits per heavy atom. The summed E-state index contributed by atoms with van der Waals surface area (Å²) in [6, 6.07) is 11.8. The predicted octanol–water partition coefficient (Wildman–Crippen LogP) is 2.45. The molecule has 2 amide bonds. The van der Waals surface area contributed by atoms with Crippen LogP contribution in [0, 0.1) is 5.82 Å². The number of fused-ring (bicyclic) bond motifs is 1. The number of aryl methyl sites for hydroxylation is 1. The van der Waals surface area contributed by atoms with E-state index in [1.54, 1.807) is 18.2 Å². The molecule has 3 rings (SSSR count). The van der Waals surface area contributed by atoms with E-state index < -0.39 is 0 Å². The van der Waals surface area contributed by atoms with E-state index in [1.807, 2.05) is 12.1 Å². The first kappa shape index (κ1) is 17.0. The largest absolute Gasteiger partial charge is 0.482 e. The van der Waals surface area contributed by atoms with E-state index in [2.05, 4.69) is 10.6 Å². The summed E-state index contributed by atoms with van der Waals surface area (Å²) in [6.07, 6.45) is 1.59. The Labute approximate surface area is 145 Å². The quantitative estimate of drug-likeness (QED) is 0.847. The van der Waals surface area contributed by atoms with E-state index in [4.69, 9.17) is 4.74 Å². The van der Waals surface area contributed by atoms with Crippen LogP contribution < -0.4 is 15.4 Å². The molecule has 1 aliphatic rings. The van der Waals surface area contributed by atoms with Gasteiger partial charge in [0.05, 0.1) is 5.69 Å². The van der Waals surface area contributed by atoms with Gasteiger partial charge in [-0.2, -0.15) is 0 Å². The standard InChI is InChI=1S/C19H19FN2O3/c20-15-5-1-13(2-6-15)9-10-21-18(23)8-4-14-3-7-17-16(11-14)22-19(24)12-25-17/h1-3,5-7,11H,4,8-10,12H2,(H,21,23)(H,22,24). The van der Waals surface area contributed by atoms with Crippen molar-refractivity contribution in [2.75, 3.05) is 18.5 Å². The molecular formula is C19H19FN2O3. The lowest BCUT2D eigenvalue weighted by Crippen LogP contribution is -2.26. The van der Waals surface area contributed by atoms with Crippen molar-refractivity contribution in [3.05, 3.63) is 59.4 Å². The van der Waals surface area contributed by atoms with Crippen molar-refractivity contribution in [3.63, 3.8) is 0 Å². The van der Waals surface area contributed by atoms with E-state index in [0.717, 1.165) is 11.1 Å². The Morgan fingerprint density at radius 1 is 1.12 bits per heavy atom. The average molecular weight is 342 g/mol. The van der Waals surface area contributed by atoms with Gasteiger partial charge in [0.1, 0.15) is 11.6 Å². The second-order valence-corrected chi connectivity index (χ2v) is 5.89. The molecule has 0 bridgehead atoms. The van der Waals surface area contributed by atoms with Gasteiger partial charge in [-0.05, 0) is 48.2 Å². The molecule has 5 nitrogen and oxygen atoms in total. The Balaban J connectivity index is 1.43. The maximum Gasteiger partial charge on any atom is 0.262 e. The summed E-state index contributed by atoms with van der Waals surface area (Å²) in [5.74, 6) is 0.162. The molecule has 2 aromatic rings. The monoisotopic (exact) mass is 342 g/mol. The smallest absolute Gasteiger partial charge is 0.262 e. The average Bonchev–Trinajstić information content (AvgIpc) is 2.61. The zero-order valence-corrected chi connectivity index (χ0v) is 13.7. The van der Waals surface area contributed by atoms with Gasteiger partial charge < -0.3 is 15.4 Å². The fourth-order valence-corrected chi connectivity index (χ4v) is 2.63. The molecule has 1 aliphatic heterocycles. The molecule has 0 unspecified atom stereocenters. The van der Waals surface area contributed by atoms with Gasteiger partial charge in [0.2, 0.25) is 5.91 Å². The van der Waals surface area contributed by atoms with E-state index >= 15 is 0 Å². The molecule has 6 heteroatoms. The highest BCUT2D eigenvalue weighted by atomic mass is 19.1. The third-order valence-corrected chi connectivity index (χ3v) is 3.97. The van der Waals surface area contributed by atoms with Crippen molar-refractivity contribution in [2.45, 2.75) is 19.3 Å². The second kappa shape index (κ2) is 7.79. The third-order valence-electron chi connectivity index (χ3n) is 3.97. The number of halogens is 1. The molecule has 0 spiro atoms. The lowest BCUT2D eigenvalue weighted by atomic mass is 10.1. The van der Waals surface area contributed by atoms with Gasteiger partial charge in [0.25, 0.3) is 5.91 Å². The lowest BCUT2D eigenvalue weighted by molar-refractivity contribution is -0.121. The first-order valence-electron chi connectivity index (χ1n) is 8.17. The highest BCUT2D eigenvalue weighted by molar-refractivity contribution is 5.95. The highest BCUT2D eigenvalue weighted by Crippen LogP contribution is 2.28. The number of amides is 2. The minimum atomic E-state index is -0.264.